The van der Waals surface area contributed by atoms with Gasteiger partial charge in [-0.1, -0.05) is 12.1 Å². The van der Waals surface area contributed by atoms with E-state index in [1.807, 2.05) is 0 Å². The number of benzene rings is 1. The topological polar surface area (TPSA) is 46.5 Å². The van der Waals surface area contributed by atoms with Gasteiger partial charge in [0, 0.05) is 0 Å². The van der Waals surface area contributed by atoms with Gasteiger partial charge in [-0.05, 0) is 17.7 Å². The van der Waals surface area contributed by atoms with Gasteiger partial charge < -0.3 is 9.84 Å². The molecular weight excluding hydrogens is 306 g/mol. The summed E-state index contributed by atoms with van der Waals surface area (Å²) < 4.78 is 79.5. The number of carbonyl (C=O) groups excluding carboxylic acids is 1. The zero-order chi connectivity index (χ0) is 16.3. The van der Waals surface area contributed by atoms with E-state index in [2.05, 4.69) is 4.74 Å². The lowest BCUT2D eigenvalue weighted by Crippen LogP contribution is -2.40. The molecule has 0 radical (unpaired) electrons. The Labute approximate surface area is 115 Å². The van der Waals surface area contributed by atoms with E-state index in [1.165, 1.54) is 0 Å². The highest BCUT2D eigenvalue weighted by atomic mass is 19.4. The summed E-state index contributed by atoms with van der Waals surface area (Å²) in [5.41, 5.74) is -1.09. The van der Waals surface area contributed by atoms with Crippen LogP contribution in [0.2, 0.25) is 0 Å². The van der Waals surface area contributed by atoms with Gasteiger partial charge in [0.2, 0.25) is 0 Å². The van der Waals surface area contributed by atoms with E-state index in [-0.39, 0.29) is 12.2 Å². The molecule has 1 aromatic rings. The van der Waals surface area contributed by atoms with Gasteiger partial charge in [0.05, 0.1) is 12.2 Å². The molecule has 0 fully saturated rings. The van der Waals surface area contributed by atoms with E-state index < -0.39 is 36.4 Å². The highest BCUT2D eigenvalue weighted by molar-refractivity contribution is 5.89. The molecule has 0 spiro atoms. The molecule has 1 N–H and O–H groups in total. The second-order valence-corrected chi connectivity index (χ2v) is 3.96. The second kappa shape index (κ2) is 6.33. The van der Waals surface area contributed by atoms with Crippen molar-refractivity contribution in [2.75, 3.05) is 13.2 Å². The maximum Gasteiger partial charge on any atom is 0.456 e. The van der Waals surface area contributed by atoms with E-state index in [0.717, 1.165) is 12.1 Å². The Morgan fingerprint density at radius 3 is 2.10 bits per heavy atom. The van der Waals surface area contributed by atoms with Crippen molar-refractivity contribution in [1.82, 2.24) is 0 Å². The van der Waals surface area contributed by atoms with Crippen LogP contribution in [0.25, 0.3) is 0 Å². The fourth-order valence-electron chi connectivity index (χ4n) is 1.36. The maximum atomic E-state index is 13.3. The molecule has 0 bridgehead atoms. The smallest absolute Gasteiger partial charge is 0.456 e. The van der Waals surface area contributed by atoms with Gasteiger partial charge in [-0.2, -0.15) is 22.0 Å². The summed E-state index contributed by atoms with van der Waals surface area (Å²) in [6.07, 6.45) is -9.61. The van der Waals surface area contributed by atoms with Crippen LogP contribution in [0, 0.1) is 0 Å². The predicted octanol–water partition coefficient (Wildman–Crippen LogP) is 3.04. The molecule has 0 heterocycles. The van der Waals surface area contributed by atoms with Crippen LogP contribution in [0.3, 0.4) is 0 Å². The molecule has 0 aliphatic heterocycles. The highest BCUT2D eigenvalue weighted by Gasteiger charge is 2.63. The minimum atomic E-state index is -6.02. The number of halogens is 6. The standard InChI is InChI=1S/C12H10F6O3/c13-9(11(14,15)12(16,17)18)7-1-3-8(4-2-7)10(20)21-6-5-19/h1-4,9,19H,5-6H2. The molecule has 0 aliphatic carbocycles. The Hall–Kier alpha value is -1.77. The van der Waals surface area contributed by atoms with Crippen molar-refractivity contribution in [2.24, 2.45) is 0 Å². The molecule has 1 unspecified atom stereocenters. The third kappa shape index (κ3) is 3.87. The molecule has 1 rings (SSSR count). The molecule has 9 heteroatoms. The number of ether oxygens (including phenoxy) is 1. The number of hydrogen-bond acceptors (Lipinski definition) is 3. The van der Waals surface area contributed by atoms with Crippen LogP contribution in [-0.4, -0.2) is 36.4 Å². The first kappa shape index (κ1) is 17.3. The Morgan fingerprint density at radius 2 is 1.67 bits per heavy atom. The first-order valence-corrected chi connectivity index (χ1v) is 5.57. The molecule has 21 heavy (non-hydrogen) atoms. The van der Waals surface area contributed by atoms with Gasteiger partial charge >= 0.3 is 18.1 Å². The largest absolute Gasteiger partial charge is 0.460 e. The number of hydrogen-bond donors (Lipinski definition) is 1. The highest BCUT2D eigenvalue weighted by Crippen LogP contribution is 2.46. The van der Waals surface area contributed by atoms with Gasteiger partial charge in [0.15, 0.2) is 6.17 Å². The first-order valence-electron chi connectivity index (χ1n) is 5.57. The molecule has 3 nitrogen and oxygen atoms in total. The van der Waals surface area contributed by atoms with Crippen molar-refractivity contribution in [2.45, 2.75) is 18.3 Å². The van der Waals surface area contributed by atoms with Crippen LogP contribution in [0.15, 0.2) is 24.3 Å². The Morgan fingerprint density at radius 1 is 1.14 bits per heavy atom. The number of rotatable bonds is 5. The normalized spacial score (nSPS) is 13.9. The van der Waals surface area contributed by atoms with Crippen LogP contribution >= 0.6 is 0 Å². The van der Waals surface area contributed by atoms with Gasteiger partial charge in [-0.15, -0.1) is 0 Å². The predicted molar refractivity (Wildman–Crippen MR) is 58.7 cm³/mol. The fraction of sp³-hybridized carbons (Fsp3) is 0.417. The minimum absolute atomic E-state index is 0.172. The minimum Gasteiger partial charge on any atom is -0.460 e. The third-order valence-corrected chi connectivity index (χ3v) is 2.46. The summed E-state index contributed by atoms with van der Waals surface area (Å²) in [7, 11) is 0. The number of aliphatic hydroxyl groups excluding tert-OH is 1. The monoisotopic (exact) mass is 316 g/mol. The molecule has 0 amide bonds. The molecule has 0 aliphatic rings. The molecule has 0 saturated heterocycles. The van der Waals surface area contributed by atoms with Crippen molar-refractivity contribution in [3.8, 4) is 0 Å². The van der Waals surface area contributed by atoms with Crippen molar-refractivity contribution in [3.63, 3.8) is 0 Å². The molecule has 0 saturated carbocycles. The average molecular weight is 316 g/mol. The number of alkyl halides is 6. The number of aliphatic hydroxyl groups is 1. The van der Waals surface area contributed by atoms with E-state index in [0.29, 0.717) is 12.1 Å². The quantitative estimate of drug-likeness (QED) is 0.671. The van der Waals surface area contributed by atoms with E-state index >= 15 is 0 Å². The van der Waals surface area contributed by atoms with Crippen molar-refractivity contribution in [1.29, 1.82) is 0 Å². The van der Waals surface area contributed by atoms with Gasteiger partial charge in [-0.3, -0.25) is 0 Å². The summed E-state index contributed by atoms with van der Waals surface area (Å²) in [6.45, 7) is -0.743. The summed E-state index contributed by atoms with van der Waals surface area (Å²) in [4.78, 5) is 11.3. The van der Waals surface area contributed by atoms with Crippen LogP contribution < -0.4 is 0 Å². The summed E-state index contributed by atoms with van der Waals surface area (Å²) in [5, 5.41) is 8.43. The van der Waals surface area contributed by atoms with Crippen molar-refractivity contribution in [3.05, 3.63) is 35.4 Å². The lowest BCUT2D eigenvalue weighted by molar-refractivity contribution is -0.305. The maximum absolute atomic E-state index is 13.3. The zero-order valence-corrected chi connectivity index (χ0v) is 10.3. The number of esters is 1. The number of carbonyl (C=O) groups is 1. The molecule has 0 aromatic heterocycles. The van der Waals surface area contributed by atoms with Crippen LogP contribution in [0.1, 0.15) is 22.1 Å². The molecular formula is C12H10F6O3. The second-order valence-electron chi connectivity index (χ2n) is 3.96. The zero-order valence-electron chi connectivity index (χ0n) is 10.3. The molecule has 1 atom stereocenters. The van der Waals surface area contributed by atoms with Crippen molar-refractivity contribution >= 4 is 5.97 Å². The lowest BCUT2D eigenvalue weighted by atomic mass is 10.0. The van der Waals surface area contributed by atoms with E-state index in [9.17, 15) is 31.1 Å². The van der Waals surface area contributed by atoms with E-state index in [4.69, 9.17) is 5.11 Å². The van der Waals surface area contributed by atoms with Crippen molar-refractivity contribution < 1.29 is 41.0 Å². The first-order chi connectivity index (χ1) is 9.61. The van der Waals surface area contributed by atoms with Gasteiger partial charge in [-0.25, -0.2) is 9.18 Å². The average Bonchev–Trinajstić information content (AvgIpc) is 2.42. The summed E-state index contributed by atoms with van der Waals surface area (Å²) in [6, 6.07) is 2.99. The van der Waals surface area contributed by atoms with Gasteiger partial charge in [0.25, 0.3) is 0 Å². The summed E-state index contributed by atoms with van der Waals surface area (Å²) >= 11 is 0. The molecule has 1 aromatic carbocycles. The Balaban J connectivity index is 2.90. The Kier molecular flexibility index (Phi) is 5.21. The summed E-state index contributed by atoms with van der Waals surface area (Å²) in [5.74, 6) is -6.46. The van der Waals surface area contributed by atoms with Crippen LogP contribution in [0.5, 0.6) is 0 Å². The van der Waals surface area contributed by atoms with Crippen LogP contribution in [0.4, 0.5) is 26.3 Å². The molecule has 118 valence electrons. The Bertz CT molecular complexity index is 483. The van der Waals surface area contributed by atoms with E-state index in [1.54, 1.807) is 0 Å². The SMILES string of the molecule is O=C(OCCO)c1ccc(C(F)C(F)(F)C(F)(F)F)cc1. The lowest BCUT2D eigenvalue weighted by Gasteiger charge is -2.23. The third-order valence-electron chi connectivity index (χ3n) is 2.46. The fourth-order valence-corrected chi connectivity index (χ4v) is 1.36. The van der Waals surface area contributed by atoms with Crippen LogP contribution in [-0.2, 0) is 4.74 Å². The van der Waals surface area contributed by atoms with Gasteiger partial charge in [0.1, 0.15) is 6.61 Å².